The molecule has 210 valence electrons. The van der Waals surface area contributed by atoms with Gasteiger partial charge in [-0.1, -0.05) is 18.2 Å². The van der Waals surface area contributed by atoms with Crippen LogP contribution in [0.1, 0.15) is 41.5 Å². The number of para-hydroxylation sites is 1. The Balaban J connectivity index is 1.77. The van der Waals surface area contributed by atoms with Gasteiger partial charge in [0.1, 0.15) is 5.56 Å². The Morgan fingerprint density at radius 3 is 2.52 bits per heavy atom. The molecule has 2 heterocycles. The normalized spacial score (nSPS) is 11.3. The van der Waals surface area contributed by atoms with Crippen molar-refractivity contribution in [2.45, 2.75) is 33.8 Å². The van der Waals surface area contributed by atoms with E-state index in [2.05, 4.69) is 20.1 Å². The van der Waals surface area contributed by atoms with Crippen molar-refractivity contribution in [1.29, 1.82) is 0 Å². The van der Waals surface area contributed by atoms with E-state index >= 15 is 0 Å². The molecular weight excluding hydrogens is 506 g/mol. The van der Waals surface area contributed by atoms with Gasteiger partial charge in [-0.25, -0.2) is 14.8 Å². The molecule has 10 heteroatoms. The number of hydrogen-bond donors (Lipinski definition) is 2. The Kier molecular flexibility index (Phi) is 8.39. The number of nitrogens with two attached hydrogens (primary N) is 1. The topological polar surface area (TPSA) is 119 Å². The summed E-state index contributed by atoms with van der Waals surface area (Å²) < 4.78 is 7.04. The predicted octanol–water partition coefficient (Wildman–Crippen LogP) is 4.96. The van der Waals surface area contributed by atoms with Gasteiger partial charge in [0.2, 0.25) is 11.9 Å². The molecule has 0 saturated heterocycles. The lowest BCUT2D eigenvalue weighted by atomic mass is 10.1. The molecule has 4 rings (SSSR count). The molecule has 0 saturated carbocycles. The number of anilines is 4. The second kappa shape index (κ2) is 11.7. The number of nitrogens with zero attached hydrogens (tertiary/aromatic N) is 5. The van der Waals surface area contributed by atoms with E-state index in [1.165, 1.54) is 13.1 Å². The Morgan fingerprint density at radius 2 is 1.85 bits per heavy atom. The third kappa shape index (κ3) is 6.07. The lowest BCUT2D eigenvalue weighted by Crippen LogP contribution is -2.29. The largest absolute Gasteiger partial charge is 0.459 e. The van der Waals surface area contributed by atoms with Crippen LogP contribution in [0.25, 0.3) is 22.2 Å². The molecule has 0 radical (unpaired) electrons. The van der Waals surface area contributed by atoms with E-state index in [4.69, 9.17) is 15.5 Å². The van der Waals surface area contributed by atoms with Crippen molar-refractivity contribution >= 4 is 45.8 Å². The number of nitrogen functional groups attached to an aromatic ring is 1. The van der Waals surface area contributed by atoms with Crippen LogP contribution in [0.2, 0.25) is 0 Å². The van der Waals surface area contributed by atoms with E-state index in [9.17, 15) is 9.59 Å². The van der Waals surface area contributed by atoms with Crippen molar-refractivity contribution in [3.05, 3.63) is 59.9 Å². The Bertz CT molecular complexity index is 1560. The molecule has 4 aromatic rings. The maximum Gasteiger partial charge on any atom is 0.342 e. The molecule has 0 aliphatic rings. The standard InChI is InChI=1S/C30H37N7O3/c1-18(2)40-29(39)22-16-32-30(33-25-15-24(31)27(14-19(25)3)36(7)13-12-35(5)6)34-28(22)23-17-37(20(4)38)26-11-9-8-10-21(23)26/h8-11,14-18H,12-13,31H2,1-7H3,(H,32,33,34). The number of benzene rings is 2. The van der Waals surface area contributed by atoms with Gasteiger partial charge in [0, 0.05) is 56.1 Å². The third-order valence-electron chi connectivity index (χ3n) is 6.57. The SMILES string of the molecule is CC(=O)n1cc(-c2nc(Nc3cc(N)c(N(C)CCN(C)C)cc3C)ncc2C(=O)OC(C)C)c2ccccc21. The summed E-state index contributed by atoms with van der Waals surface area (Å²) in [5.41, 5.74) is 11.6. The number of ether oxygens (including phenoxy) is 1. The predicted molar refractivity (Wildman–Crippen MR) is 161 cm³/mol. The van der Waals surface area contributed by atoms with E-state index in [1.54, 1.807) is 24.6 Å². The summed E-state index contributed by atoms with van der Waals surface area (Å²) >= 11 is 0. The van der Waals surface area contributed by atoms with Gasteiger partial charge in [-0.2, -0.15) is 0 Å². The van der Waals surface area contributed by atoms with Gasteiger partial charge in [-0.05, 0) is 58.6 Å². The monoisotopic (exact) mass is 543 g/mol. The molecule has 2 aromatic heterocycles. The lowest BCUT2D eigenvalue weighted by Gasteiger charge is -2.24. The van der Waals surface area contributed by atoms with Crippen LogP contribution in [0.15, 0.2) is 48.8 Å². The molecule has 0 spiro atoms. The highest BCUT2D eigenvalue weighted by Gasteiger charge is 2.23. The van der Waals surface area contributed by atoms with Crippen molar-refractivity contribution in [3.8, 4) is 11.3 Å². The number of carbonyl (C=O) groups excluding carboxylic acids is 2. The van der Waals surface area contributed by atoms with E-state index in [0.29, 0.717) is 16.9 Å². The Morgan fingerprint density at radius 1 is 1.12 bits per heavy atom. The second-order valence-electron chi connectivity index (χ2n) is 10.4. The van der Waals surface area contributed by atoms with Gasteiger partial charge in [0.25, 0.3) is 0 Å². The number of hydrogen-bond acceptors (Lipinski definition) is 9. The average molecular weight is 544 g/mol. The van der Waals surface area contributed by atoms with Crippen molar-refractivity contribution < 1.29 is 14.3 Å². The number of esters is 1. The minimum atomic E-state index is -0.540. The molecule has 0 bridgehead atoms. The summed E-state index contributed by atoms with van der Waals surface area (Å²) in [6, 6.07) is 11.4. The van der Waals surface area contributed by atoms with Gasteiger partial charge in [0.05, 0.1) is 28.7 Å². The minimum absolute atomic E-state index is 0.150. The van der Waals surface area contributed by atoms with Crippen LogP contribution in [0.4, 0.5) is 23.0 Å². The maximum absolute atomic E-state index is 13.1. The van der Waals surface area contributed by atoms with Crippen LogP contribution < -0.4 is 16.0 Å². The highest BCUT2D eigenvalue weighted by atomic mass is 16.5. The highest BCUT2D eigenvalue weighted by molar-refractivity contribution is 6.05. The summed E-state index contributed by atoms with van der Waals surface area (Å²) in [5, 5.41) is 4.05. The van der Waals surface area contributed by atoms with E-state index < -0.39 is 5.97 Å². The smallest absolute Gasteiger partial charge is 0.342 e. The molecule has 0 unspecified atom stereocenters. The minimum Gasteiger partial charge on any atom is -0.459 e. The number of likely N-dealkylation sites (N-methyl/N-ethyl adjacent to an activating group) is 2. The first kappa shape index (κ1) is 28.6. The summed E-state index contributed by atoms with van der Waals surface area (Å²) in [5.74, 6) is -0.406. The average Bonchev–Trinajstić information content (AvgIpc) is 3.28. The number of aryl methyl sites for hydroxylation is 1. The number of nitrogens with one attached hydrogen (secondary N) is 1. The zero-order valence-electron chi connectivity index (χ0n) is 24.1. The van der Waals surface area contributed by atoms with Crippen LogP contribution >= 0.6 is 0 Å². The molecule has 2 aromatic carbocycles. The maximum atomic E-state index is 13.1. The molecule has 0 amide bonds. The van der Waals surface area contributed by atoms with E-state index in [-0.39, 0.29) is 23.5 Å². The van der Waals surface area contributed by atoms with Crippen LogP contribution in [-0.4, -0.2) is 71.6 Å². The summed E-state index contributed by atoms with van der Waals surface area (Å²) in [6.45, 7) is 8.77. The highest BCUT2D eigenvalue weighted by Crippen LogP contribution is 2.34. The summed E-state index contributed by atoms with van der Waals surface area (Å²) in [7, 11) is 6.09. The first-order chi connectivity index (χ1) is 19.0. The first-order valence-corrected chi connectivity index (χ1v) is 13.2. The Labute approximate surface area is 234 Å². The molecule has 0 fully saturated rings. The second-order valence-corrected chi connectivity index (χ2v) is 10.4. The number of rotatable bonds is 9. The number of fused-ring (bicyclic) bond motifs is 1. The lowest BCUT2D eigenvalue weighted by molar-refractivity contribution is 0.0378. The van der Waals surface area contributed by atoms with Crippen LogP contribution in [-0.2, 0) is 4.74 Å². The van der Waals surface area contributed by atoms with E-state index in [1.807, 2.05) is 64.5 Å². The molecule has 0 aliphatic heterocycles. The number of carbonyl (C=O) groups is 2. The fraction of sp³-hybridized carbons (Fsp3) is 0.333. The van der Waals surface area contributed by atoms with Gasteiger partial charge in [-0.3, -0.25) is 9.36 Å². The molecule has 0 atom stereocenters. The van der Waals surface area contributed by atoms with Crippen molar-refractivity contribution in [1.82, 2.24) is 19.4 Å². The summed E-state index contributed by atoms with van der Waals surface area (Å²) in [6.07, 6.45) is 2.83. The molecular formula is C30H37N7O3. The van der Waals surface area contributed by atoms with Gasteiger partial charge in [0.15, 0.2) is 0 Å². The van der Waals surface area contributed by atoms with Crippen molar-refractivity contribution in [2.24, 2.45) is 0 Å². The first-order valence-electron chi connectivity index (χ1n) is 13.2. The zero-order chi connectivity index (χ0) is 29.1. The van der Waals surface area contributed by atoms with Gasteiger partial charge < -0.3 is 25.6 Å². The van der Waals surface area contributed by atoms with Crippen LogP contribution in [0, 0.1) is 6.92 Å². The van der Waals surface area contributed by atoms with Gasteiger partial charge in [-0.15, -0.1) is 0 Å². The fourth-order valence-electron chi connectivity index (χ4n) is 4.47. The van der Waals surface area contributed by atoms with E-state index in [0.717, 1.165) is 40.9 Å². The molecule has 40 heavy (non-hydrogen) atoms. The third-order valence-corrected chi connectivity index (χ3v) is 6.57. The van der Waals surface area contributed by atoms with Gasteiger partial charge >= 0.3 is 5.97 Å². The van der Waals surface area contributed by atoms with Crippen molar-refractivity contribution in [3.63, 3.8) is 0 Å². The Hall–Kier alpha value is -4.44. The molecule has 3 N–H and O–H groups in total. The fourth-order valence-corrected chi connectivity index (χ4v) is 4.47. The van der Waals surface area contributed by atoms with Crippen LogP contribution in [0.5, 0.6) is 0 Å². The zero-order valence-corrected chi connectivity index (χ0v) is 24.1. The molecule has 0 aliphatic carbocycles. The van der Waals surface area contributed by atoms with Crippen LogP contribution in [0.3, 0.4) is 0 Å². The van der Waals surface area contributed by atoms with Crippen molar-refractivity contribution in [2.75, 3.05) is 50.2 Å². The molecule has 10 nitrogen and oxygen atoms in total. The quantitative estimate of drug-likeness (QED) is 0.223. The summed E-state index contributed by atoms with van der Waals surface area (Å²) in [4.78, 5) is 38.9. The number of aromatic nitrogens is 3.